The zero-order chi connectivity index (χ0) is 15.8. The Bertz CT molecular complexity index is 531. The lowest BCUT2D eigenvalue weighted by Crippen LogP contribution is -2.14. The van der Waals surface area contributed by atoms with Gasteiger partial charge in [-0.1, -0.05) is 30.7 Å². The number of nitrogens with zero attached hydrogens (tertiary/aromatic N) is 1. The van der Waals surface area contributed by atoms with Crippen molar-refractivity contribution in [2.75, 3.05) is 0 Å². The molecule has 0 saturated carbocycles. The third-order valence-corrected chi connectivity index (χ3v) is 3.32. The van der Waals surface area contributed by atoms with E-state index in [1.54, 1.807) is 6.92 Å². The summed E-state index contributed by atoms with van der Waals surface area (Å²) in [5, 5.41) is 8.98. The van der Waals surface area contributed by atoms with Crippen molar-refractivity contribution in [3.63, 3.8) is 0 Å². The minimum atomic E-state index is -1.62. The van der Waals surface area contributed by atoms with Gasteiger partial charge < -0.3 is 4.74 Å². The van der Waals surface area contributed by atoms with Gasteiger partial charge in [0.1, 0.15) is 5.82 Å². The molecule has 6 heteroatoms. The number of alkyl halides is 1. The van der Waals surface area contributed by atoms with E-state index in [2.05, 4.69) is 4.74 Å². The van der Waals surface area contributed by atoms with E-state index >= 15 is 0 Å². The van der Waals surface area contributed by atoms with E-state index in [-0.39, 0.29) is 24.3 Å². The predicted molar refractivity (Wildman–Crippen MR) is 74.9 cm³/mol. The number of esters is 1. The van der Waals surface area contributed by atoms with Gasteiger partial charge in [-0.15, -0.1) is 0 Å². The number of hydrogen-bond donors (Lipinski definition) is 0. The molecule has 2 unspecified atom stereocenters. The Kier molecular flexibility index (Phi) is 7.10. The number of carbonyl (C=O) groups excluding carboxylic acids is 1. The predicted octanol–water partition coefficient (Wildman–Crippen LogP) is 4.51. The fourth-order valence-corrected chi connectivity index (χ4v) is 2.09. The van der Waals surface area contributed by atoms with Gasteiger partial charge in [-0.3, -0.25) is 4.79 Å². The Morgan fingerprint density at radius 3 is 2.81 bits per heavy atom. The number of hydrogen-bond acceptors (Lipinski definition) is 3. The van der Waals surface area contributed by atoms with Crippen molar-refractivity contribution in [3.8, 4) is 6.07 Å². The zero-order valence-corrected chi connectivity index (χ0v) is 12.4. The lowest BCUT2D eigenvalue weighted by Gasteiger charge is -2.12. The summed E-state index contributed by atoms with van der Waals surface area (Å²) < 4.78 is 31.0. The molecule has 0 heterocycles. The topological polar surface area (TPSA) is 50.1 Å². The molecule has 2 atom stereocenters. The van der Waals surface area contributed by atoms with Crippen LogP contribution in [0, 0.1) is 17.1 Å². The molecule has 0 bridgehead atoms. The molecule has 3 nitrogen and oxygen atoms in total. The summed E-state index contributed by atoms with van der Waals surface area (Å²) in [7, 11) is 0. The van der Waals surface area contributed by atoms with Gasteiger partial charge in [-0.25, -0.2) is 8.78 Å². The standard InChI is InChI=1S/C15H16ClF2NO2/c1-2-4-13(18)21-14(20)8-7-10(9-19)11-5-3-6-12(17)15(11)16/h3,5-6,10,13H,2,4,7-8H2,1H3. The maximum absolute atomic E-state index is 13.3. The van der Waals surface area contributed by atoms with E-state index in [9.17, 15) is 13.6 Å². The Morgan fingerprint density at radius 2 is 2.19 bits per heavy atom. The smallest absolute Gasteiger partial charge is 0.308 e. The molecule has 0 spiro atoms. The van der Waals surface area contributed by atoms with Crippen LogP contribution in [0.4, 0.5) is 8.78 Å². The highest BCUT2D eigenvalue weighted by Gasteiger charge is 2.19. The highest BCUT2D eigenvalue weighted by Crippen LogP contribution is 2.29. The number of halogens is 3. The maximum atomic E-state index is 13.3. The van der Waals surface area contributed by atoms with Gasteiger partial charge in [0.2, 0.25) is 6.36 Å². The minimum Gasteiger partial charge on any atom is -0.431 e. The maximum Gasteiger partial charge on any atom is 0.308 e. The number of carbonyl (C=O) groups is 1. The lowest BCUT2D eigenvalue weighted by molar-refractivity contribution is -0.158. The van der Waals surface area contributed by atoms with Gasteiger partial charge in [0.25, 0.3) is 0 Å². The van der Waals surface area contributed by atoms with Crippen LogP contribution >= 0.6 is 11.6 Å². The molecule has 114 valence electrons. The summed E-state index contributed by atoms with van der Waals surface area (Å²) in [4.78, 5) is 11.5. The molecule has 1 rings (SSSR count). The van der Waals surface area contributed by atoms with Gasteiger partial charge in [0.15, 0.2) is 0 Å². The second kappa shape index (κ2) is 8.58. The fourth-order valence-electron chi connectivity index (χ4n) is 1.83. The first-order chi connectivity index (χ1) is 9.99. The first kappa shape index (κ1) is 17.4. The molecule has 0 N–H and O–H groups in total. The van der Waals surface area contributed by atoms with Gasteiger partial charge >= 0.3 is 5.97 Å². The first-order valence-electron chi connectivity index (χ1n) is 6.66. The summed E-state index contributed by atoms with van der Waals surface area (Å²) in [6.07, 6.45) is -0.954. The Balaban J connectivity index is 2.62. The number of nitriles is 1. The van der Waals surface area contributed by atoms with Crippen molar-refractivity contribution in [1.82, 2.24) is 0 Å². The van der Waals surface area contributed by atoms with Crippen molar-refractivity contribution in [3.05, 3.63) is 34.6 Å². The largest absolute Gasteiger partial charge is 0.431 e. The van der Waals surface area contributed by atoms with Gasteiger partial charge in [-0.2, -0.15) is 5.26 Å². The molecule has 1 aromatic rings. The van der Waals surface area contributed by atoms with E-state index in [4.69, 9.17) is 16.9 Å². The van der Waals surface area contributed by atoms with Crippen LogP contribution in [0.5, 0.6) is 0 Å². The van der Waals surface area contributed by atoms with Crippen LogP contribution in [0.1, 0.15) is 44.1 Å². The average molecular weight is 316 g/mol. The highest BCUT2D eigenvalue weighted by atomic mass is 35.5. The summed E-state index contributed by atoms with van der Waals surface area (Å²) in [6.45, 7) is 1.78. The van der Waals surface area contributed by atoms with Crippen LogP contribution in [0.25, 0.3) is 0 Å². The molecule has 0 aliphatic carbocycles. The summed E-state index contributed by atoms with van der Waals surface area (Å²) >= 11 is 5.81. The second-order valence-electron chi connectivity index (χ2n) is 4.55. The van der Waals surface area contributed by atoms with Crippen molar-refractivity contribution in [1.29, 1.82) is 5.26 Å². The molecule has 0 amide bonds. The van der Waals surface area contributed by atoms with Crippen molar-refractivity contribution in [2.45, 2.75) is 44.9 Å². The van der Waals surface area contributed by atoms with Crippen LogP contribution in [0.3, 0.4) is 0 Å². The fraction of sp³-hybridized carbons (Fsp3) is 0.467. The SMILES string of the molecule is CCCC(F)OC(=O)CCC(C#N)c1cccc(F)c1Cl. The molecule has 0 radical (unpaired) electrons. The van der Waals surface area contributed by atoms with Crippen LogP contribution < -0.4 is 0 Å². The van der Waals surface area contributed by atoms with Crippen LogP contribution in [0.2, 0.25) is 5.02 Å². The molecule has 0 fully saturated rings. The average Bonchev–Trinajstić information content (AvgIpc) is 2.44. The summed E-state index contributed by atoms with van der Waals surface area (Å²) in [5.41, 5.74) is 0.317. The molecule has 0 saturated heterocycles. The Labute approximate surface area is 127 Å². The van der Waals surface area contributed by atoms with E-state index < -0.39 is 24.1 Å². The molecule has 0 aromatic heterocycles. The van der Waals surface area contributed by atoms with Gasteiger partial charge in [-0.05, 0) is 24.5 Å². The number of ether oxygens (including phenoxy) is 1. The summed E-state index contributed by atoms with van der Waals surface area (Å²) in [5.74, 6) is -2.09. The minimum absolute atomic E-state index is 0.0946. The van der Waals surface area contributed by atoms with E-state index in [0.717, 1.165) is 0 Å². The van der Waals surface area contributed by atoms with Crippen LogP contribution in [0.15, 0.2) is 18.2 Å². The van der Waals surface area contributed by atoms with Crippen molar-refractivity contribution >= 4 is 17.6 Å². The van der Waals surface area contributed by atoms with E-state index in [0.29, 0.717) is 12.0 Å². The van der Waals surface area contributed by atoms with E-state index in [1.165, 1.54) is 18.2 Å². The normalized spacial score (nSPS) is 13.3. The molecular formula is C15H16ClF2NO2. The third-order valence-electron chi connectivity index (χ3n) is 2.92. The number of rotatable bonds is 7. The quantitative estimate of drug-likeness (QED) is 0.696. The van der Waals surface area contributed by atoms with Crippen molar-refractivity contribution < 1.29 is 18.3 Å². The van der Waals surface area contributed by atoms with Gasteiger partial charge in [0.05, 0.1) is 17.0 Å². The zero-order valence-electron chi connectivity index (χ0n) is 11.6. The van der Waals surface area contributed by atoms with Gasteiger partial charge in [0, 0.05) is 12.8 Å². The Hall–Kier alpha value is -1.67. The molecule has 21 heavy (non-hydrogen) atoms. The highest BCUT2D eigenvalue weighted by molar-refractivity contribution is 6.31. The van der Waals surface area contributed by atoms with Crippen LogP contribution in [-0.4, -0.2) is 12.3 Å². The third kappa shape index (κ3) is 5.31. The summed E-state index contributed by atoms with van der Waals surface area (Å²) in [6, 6.07) is 6.13. The molecule has 0 aliphatic rings. The molecular weight excluding hydrogens is 300 g/mol. The van der Waals surface area contributed by atoms with E-state index in [1.807, 2.05) is 6.07 Å². The second-order valence-corrected chi connectivity index (χ2v) is 4.93. The number of benzene rings is 1. The molecule has 1 aromatic carbocycles. The first-order valence-corrected chi connectivity index (χ1v) is 7.04. The van der Waals surface area contributed by atoms with Crippen molar-refractivity contribution in [2.24, 2.45) is 0 Å². The molecule has 0 aliphatic heterocycles. The van der Waals surface area contributed by atoms with Crippen LogP contribution in [-0.2, 0) is 9.53 Å². The Morgan fingerprint density at radius 1 is 1.48 bits per heavy atom. The monoisotopic (exact) mass is 315 g/mol. The lowest BCUT2D eigenvalue weighted by atomic mass is 9.95.